The van der Waals surface area contributed by atoms with Crippen LogP contribution in [0.1, 0.15) is 18.1 Å². The number of alkyl halides is 2. The lowest BCUT2D eigenvalue weighted by Gasteiger charge is -2.17. The number of methoxy groups -OCH3 is 1. The first kappa shape index (κ1) is 14.2. The number of hydrogen-bond donors (Lipinski definition) is 0. The van der Waals surface area contributed by atoms with Gasteiger partial charge in [0.25, 0.3) is 5.92 Å². The fourth-order valence-corrected chi connectivity index (χ4v) is 2.42. The van der Waals surface area contributed by atoms with Crippen LogP contribution in [0.2, 0.25) is 0 Å². The van der Waals surface area contributed by atoms with Gasteiger partial charge in [-0.05, 0) is 6.07 Å². The predicted octanol–water partition coefficient (Wildman–Crippen LogP) is 2.88. The molecular formula is C10H11ClF2O3S. The molecule has 1 aromatic rings. The first-order valence-electron chi connectivity index (χ1n) is 4.61. The summed E-state index contributed by atoms with van der Waals surface area (Å²) in [5.74, 6) is -3.82. The molecule has 0 heterocycles. The summed E-state index contributed by atoms with van der Waals surface area (Å²) >= 11 is 0. The highest BCUT2D eigenvalue weighted by atomic mass is 35.7. The SMILES string of the molecule is COc1c(CS(=O)(=O)Cl)cccc1C(C)(F)F. The van der Waals surface area contributed by atoms with Gasteiger partial charge in [0.1, 0.15) is 5.75 Å². The van der Waals surface area contributed by atoms with Crippen molar-refractivity contribution in [2.45, 2.75) is 18.6 Å². The molecule has 0 bridgehead atoms. The highest BCUT2D eigenvalue weighted by molar-refractivity contribution is 8.13. The third-order valence-corrected chi connectivity index (χ3v) is 3.08. The number of rotatable bonds is 4. The van der Waals surface area contributed by atoms with E-state index in [0.717, 1.165) is 0 Å². The molecule has 0 aliphatic rings. The molecule has 3 nitrogen and oxygen atoms in total. The van der Waals surface area contributed by atoms with Crippen LogP contribution in [-0.4, -0.2) is 15.5 Å². The summed E-state index contributed by atoms with van der Waals surface area (Å²) in [6.45, 7) is 0.712. The van der Waals surface area contributed by atoms with E-state index in [1.165, 1.54) is 25.3 Å². The van der Waals surface area contributed by atoms with Crippen LogP contribution < -0.4 is 4.74 Å². The molecule has 0 N–H and O–H groups in total. The zero-order chi connectivity index (χ0) is 13.3. The lowest BCUT2D eigenvalue weighted by Crippen LogP contribution is -2.11. The number of para-hydroxylation sites is 1. The minimum Gasteiger partial charge on any atom is -0.496 e. The molecule has 0 atom stereocenters. The Morgan fingerprint density at radius 1 is 1.41 bits per heavy atom. The Hall–Kier alpha value is -0.880. The lowest BCUT2D eigenvalue weighted by molar-refractivity contribution is 0.0149. The van der Waals surface area contributed by atoms with E-state index in [-0.39, 0.29) is 16.9 Å². The van der Waals surface area contributed by atoms with Crippen molar-refractivity contribution in [1.29, 1.82) is 0 Å². The van der Waals surface area contributed by atoms with Crippen LogP contribution in [0.3, 0.4) is 0 Å². The van der Waals surface area contributed by atoms with Gasteiger partial charge >= 0.3 is 0 Å². The molecule has 96 valence electrons. The number of hydrogen-bond acceptors (Lipinski definition) is 3. The monoisotopic (exact) mass is 284 g/mol. The van der Waals surface area contributed by atoms with Gasteiger partial charge in [-0.3, -0.25) is 0 Å². The molecular weight excluding hydrogens is 274 g/mol. The maximum atomic E-state index is 13.3. The first-order chi connectivity index (χ1) is 7.65. The standard InChI is InChI=1S/C10H11ClF2O3S/c1-10(12,13)8-5-3-4-7(9(8)16-2)6-17(11,14)15/h3-5H,6H2,1-2H3. The van der Waals surface area contributed by atoms with Crippen LogP contribution in [0, 0.1) is 0 Å². The zero-order valence-electron chi connectivity index (χ0n) is 9.21. The topological polar surface area (TPSA) is 43.4 Å². The highest BCUT2D eigenvalue weighted by Crippen LogP contribution is 2.37. The van der Waals surface area contributed by atoms with Crippen LogP contribution in [0.15, 0.2) is 18.2 Å². The van der Waals surface area contributed by atoms with Gasteiger partial charge in [0, 0.05) is 23.2 Å². The summed E-state index contributed by atoms with van der Waals surface area (Å²) in [6.07, 6.45) is 0. The van der Waals surface area contributed by atoms with Crippen molar-refractivity contribution in [2.75, 3.05) is 7.11 Å². The molecule has 0 aliphatic heterocycles. The smallest absolute Gasteiger partial charge is 0.274 e. The van der Waals surface area contributed by atoms with Gasteiger partial charge in [-0.1, -0.05) is 12.1 Å². The highest BCUT2D eigenvalue weighted by Gasteiger charge is 2.30. The quantitative estimate of drug-likeness (QED) is 0.799. The van der Waals surface area contributed by atoms with E-state index in [1.54, 1.807) is 0 Å². The van der Waals surface area contributed by atoms with Crippen LogP contribution >= 0.6 is 10.7 Å². The van der Waals surface area contributed by atoms with E-state index in [9.17, 15) is 17.2 Å². The van der Waals surface area contributed by atoms with Crippen molar-refractivity contribution in [3.8, 4) is 5.75 Å². The third-order valence-electron chi connectivity index (χ3n) is 2.10. The Morgan fingerprint density at radius 3 is 2.41 bits per heavy atom. The molecule has 0 spiro atoms. The van der Waals surface area contributed by atoms with Crippen molar-refractivity contribution in [3.05, 3.63) is 29.3 Å². The Labute approximate surface area is 103 Å². The van der Waals surface area contributed by atoms with Crippen molar-refractivity contribution in [3.63, 3.8) is 0 Å². The summed E-state index contributed by atoms with van der Waals surface area (Å²) in [4.78, 5) is 0. The van der Waals surface area contributed by atoms with E-state index in [1.807, 2.05) is 0 Å². The van der Waals surface area contributed by atoms with E-state index < -0.39 is 20.7 Å². The summed E-state index contributed by atoms with van der Waals surface area (Å²) in [5.41, 5.74) is -0.251. The molecule has 0 amide bonds. The van der Waals surface area contributed by atoms with Gasteiger partial charge in [0.05, 0.1) is 18.4 Å². The average molecular weight is 285 g/mol. The average Bonchev–Trinajstić information content (AvgIpc) is 2.13. The molecule has 0 aromatic heterocycles. The Bertz CT molecular complexity index is 509. The summed E-state index contributed by atoms with van der Waals surface area (Å²) in [5, 5.41) is 0. The second kappa shape index (κ2) is 4.78. The van der Waals surface area contributed by atoms with Gasteiger partial charge in [0.2, 0.25) is 9.05 Å². The second-order valence-electron chi connectivity index (χ2n) is 3.57. The van der Waals surface area contributed by atoms with E-state index >= 15 is 0 Å². The zero-order valence-corrected chi connectivity index (χ0v) is 10.8. The lowest BCUT2D eigenvalue weighted by atomic mass is 10.1. The molecule has 0 radical (unpaired) electrons. The maximum absolute atomic E-state index is 13.3. The van der Waals surface area contributed by atoms with Gasteiger partial charge in [0.15, 0.2) is 0 Å². The van der Waals surface area contributed by atoms with Crippen molar-refractivity contribution < 1.29 is 21.9 Å². The molecule has 0 unspecified atom stereocenters. The van der Waals surface area contributed by atoms with Crippen LogP contribution in [0.5, 0.6) is 5.75 Å². The molecule has 0 fully saturated rings. The molecule has 1 rings (SSSR count). The van der Waals surface area contributed by atoms with E-state index in [0.29, 0.717) is 6.92 Å². The van der Waals surface area contributed by atoms with Crippen molar-refractivity contribution in [1.82, 2.24) is 0 Å². The third kappa shape index (κ3) is 3.81. The number of halogens is 3. The Kier molecular flexibility index (Phi) is 3.99. The van der Waals surface area contributed by atoms with Gasteiger partial charge in [-0.25, -0.2) is 17.2 Å². The summed E-state index contributed by atoms with van der Waals surface area (Å²) in [7, 11) is 2.47. The van der Waals surface area contributed by atoms with Crippen LogP contribution in [0.25, 0.3) is 0 Å². The molecule has 0 saturated carbocycles. The van der Waals surface area contributed by atoms with Gasteiger partial charge in [-0.2, -0.15) is 0 Å². The van der Waals surface area contributed by atoms with E-state index in [4.69, 9.17) is 15.4 Å². The maximum Gasteiger partial charge on any atom is 0.274 e. The van der Waals surface area contributed by atoms with Crippen LogP contribution in [-0.2, 0) is 20.7 Å². The number of ether oxygens (including phenoxy) is 1. The minimum atomic E-state index is -3.82. The van der Waals surface area contributed by atoms with Crippen molar-refractivity contribution >= 4 is 19.7 Å². The van der Waals surface area contributed by atoms with Crippen molar-refractivity contribution in [2.24, 2.45) is 0 Å². The molecule has 7 heteroatoms. The fourth-order valence-electron chi connectivity index (χ4n) is 1.47. The minimum absolute atomic E-state index is 0.113. The molecule has 0 saturated heterocycles. The fraction of sp³-hybridized carbons (Fsp3) is 0.400. The van der Waals surface area contributed by atoms with Crippen LogP contribution in [0.4, 0.5) is 8.78 Å². The summed E-state index contributed by atoms with van der Waals surface area (Å²) in [6, 6.07) is 3.91. The first-order valence-corrected chi connectivity index (χ1v) is 7.09. The predicted molar refractivity (Wildman–Crippen MR) is 61.0 cm³/mol. The second-order valence-corrected chi connectivity index (χ2v) is 6.35. The largest absolute Gasteiger partial charge is 0.496 e. The number of benzene rings is 1. The molecule has 0 aliphatic carbocycles. The Morgan fingerprint density at radius 2 is 2.00 bits per heavy atom. The van der Waals surface area contributed by atoms with Gasteiger partial charge < -0.3 is 4.74 Å². The van der Waals surface area contributed by atoms with Gasteiger partial charge in [-0.15, -0.1) is 0 Å². The summed E-state index contributed by atoms with van der Waals surface area (Å²) < 4.78 is 53.3. The molecule has 17 heavy (non-hydrogen) atoms. The normalized spacial score (nSPS) is 12.5. The van der Waals surface area contributed by atoms with E-state index in [2.05, 4.69) is 0 Å². The molecule has 1 aromatic carbocycles. The Balaban J connectivity index is 3.34.